The number of aromatic nitrogens is 2. The highest BCUT2D eigenvalue weighted by Gasteiger charge is 2.20. The molecule has 7 nitrogen and oxygen atoms in total. The van der Waals surface area contributed by atoms with Gasteiger partial charge in [-0.05, 0) is 30.7 Å². The summed E-state index contributed by atoms with van der Waals surface area (Å²) in [5.74, 6) is -0.824. The number of carboxylic acid groups (broad SMARTS) is 1. The lowest BCUT2D eigenvalue weighted by molar-refractivity contribution is -0.139. The van der Waals surface area contributed by atoms with E-state index in [0.717, 1.165) is 11.3 Å². The molecule has 7 heteroatoms. The van der Waals surface area contributed by atoms with Crippen molar-refractivity contribution < 1.29 is 19.4 Å². The maximum Gasteiger partial charge on any atom is 0.341 e. The summed E-state index contributed by atoms with van der Waals surface area (Å²) >= 11 is 0. The number of amides is 1. The fourth-order valence-electron chi connectivity index (χ4n) is 2.17. The predicted molar refractivity (Wildman–Crippen MR) is 92.7 cm³/mol. The van der Waals surface area contributed by atoms with E-state index in [9.17, 15) is 9.59 Å². The van der Waals surface area contributed by atoms with Crippen molar-refractivity contribution >= 4 is 11.9 Å². The van der Waals surface area contributed by atoms with Crippen LogP contribution >= 0.6 is 0 Å². The number of nitrogens with one attached hydrogen (secondary N) is 2. The number of benzene rings is 1. The number of nitrogens with zero attached hydrogens (tertiary/aromatic N) is 1. The van der Waals surface area contributed by atoms with Crippen molar-refractivity contribution in [2.24, 2.45) is 0 Å². The van der Waals surface area contributed by atoms with Crippen LogP contribution in [0.4, 0.5) is 0 Å². The second kappa shape index (κ2) is 7.38. The summed E-state index contributed by atoms with van der Waals surface area (Å²) < 4.78 is 5.09. The Bertz CT molecular complexity index is 744. The first-order valence-electron chi connectivity index (χ1n) is 7.98. The van der Waals surface area contributed by atoms with Gasteiger partial charge < -0.3 is 15.2 Å². The van der Waals surface area contributed by atoms with E-state index in [4.69, 9.17) is 9.84 Å². The number of H-pyrrole nitrogens is 1. The number of carbonyl (C=O) groups excluding carboxylic acids is 1. The number of aliphatic carboxylic acids is 1. The smallest absolute Gasteiger partial charge is 0.341 e. The Hall–Kier alpha value is -2.83. The van der Waals surface area contributed by atoms with Gasteiger partial charge in [0.2, 0.25) is 0 Å². The molecule has 1 aromatic heterocycles. The Labute approximate surface area is 146 Å². The largest absolute Gasteiger partial charge is 0.482 e. The second-order valence-corrected chi connectivity index (χ2v) is 6.86. The third-order valence-electron chi connectivity index (χ3n) is 3.71. The van der Waals surface area contributed by atoms with Crippen LogP contribution in [0.3, 0.4) is 0 Å². The van der Waals surface area contributed by atoms with Gasteiger partial charge in [0.05, 0.1) is 6.04 Å². The number of aromatic amines is 1. The SMILES string of the molecule is CC(NC(=O)c1cc(C(C)(C)C)[nH]n1)c1ccc(OCC(=O)O)cc1. The zero-order chi connectivity index (χ0) is 18.6. The molecule has 0 radical (unpaired) electrons. The van der Waals surface area contributed by atoms with Crippen LogP contribution in [-0.4, -0.2) is 33.8 Å². The molecule has 1 heterocycles. The van der Waals surface area contributed by atoms with Crippen LogP contribution < -0.4 is 10.1 Å². The molecule has 0 aliphatic rings. The van der Waals surface area contributed by atoms with Crippen molar-refractivity contribution in [3.63, 3.8) is 0 Å². The molecule has 3 N–H and O–H groups in total. The van der Waals surface area contributed by atoms with Crippen LogP contribution in [0.25, 0.3) is 0 Å². The van der Waals surface area contributed by atoms with E-state index < -0.39 is 5.97 Å². The van der Waals surface area contributed by atoms with Gasteiger partial charge in [-0.1, -0.05) is 32.9 Å². The second-order valence-electron chi connectivity index (χ2n) is 6.86. The molecule has 0 saturated carbocycles. The van der Waals surface area contributed by atoms with Gasteiger partial charge in [0.1, 0.15) is 11.4 Å². The summed E-state index contributed by atoms with van der Waals surface area (Å²) in [5, 5.41) is 18.5. The van der Waals surface area contributed by atoms with Crippen molar-refractivity contribution in [1.29, 1.82) is 0 Å². The summed E-state index contributed by atoms with van der Waals surface area (Å²) in [7, 11) is 0. The minimum atomic E-state index is -1.03. The van der Waals surface area contributed by atoms with Crippen molar-refractivity contribution in [2.45, 2.75) is 39.2 Å². The average Bonchev–Trinajstić information content (AvgIpc) is 3.03. The Morgan fingerprint density at radius 2 is 1.92 bits per heavy atom. The van der Waals surface area contributed by atoms with Gasteiger partial charge in [0.25, 0.3) is 5.91 Å². The molecule has 134 valence electrons. The van der Waals surface area contributed by atoms with Crippen LogP contribution in [0.15, 0.2) is 30.3 Å². The van der Waals surface area contributed by atoms with Crippen molar-refractivity contribution in [3.8, 4) is 5.75 Å². The van der Waals surface area contributed by atoms with Gasteiger partial charge in [-0.3, -0.25) is 9.89 Å². The number of ether oxygens (including phenoxy) is 1. The minimum Gasteiger partial charge on any atom is -0.482 e. The van der Waals surface area contributed by atoms with Gasteiger partial charge >= 0.3 is 5.97 Å². The highest BCUT2D eigenvalue weighted by atomic mass is 16.5. The third-order valence-corrected chi connectivity index (χ3v) is 3.71. The third kappa shape index (κ3) is 5.07. The fraction of sp³-hybridized carbons (Fsp3) is 0.389. The average molecular weight is 345 g/mol. The van der Waals surface area contributed by atoms with Crippen LogP contribution in [0, 0.1) is 0 Å². The van der Waals surface area contributed by atoms with E-state index in [1.54, 1.807) is 30.3 Å². The van der Waals surface area contributed by atoms with Crippen molar-refractivity contribution in [1.82, 2.24) is 15.5 Å². The van der Waals surface area contributed by atoms with Crippen molar-refractivity contribution in [3.05, 3.63) is 47.3 Å². The monoisotopic (exact) mass is 345 g/mol. The van der Waals surface area contributed by atoms with Crippen LogP contribution in [0.1, 0.15) is 55.5 Å². The quantitative estimate of drug-likeness (QED) is 0.746. The van der Waals surface area contributed by atoms with E-state index in [1.165, 1.54) is 0 Å². The Kier molecular flexibility index (Phi) is 5.46. The van der Waals surface area contributed by atoms with Crippen LogP contribution in [0.2, 0.25) is 0 Å². The first-order valence-corrected chi connectivity index (χ1v) is 7.98. The minimum absolute atomic E-state index is 0.108. The molecule has 1 aromatic carbocycles. The van der Waals surface area contributed by atoms with Crippen LogP contribution in [0.5, 0.6) is 5.75 Å². The summed E-state index contributed by atoms with van der Waals surface area (Å²) in [6, 6.07) is 8.45. The highest BCUT2D eigenvalue weighted by molar-refractivity contribution is 5.92. The van der Waals surface area contributed by atoms with E-state index in [-0.39, 0.29) is 24.0 Å². The molecule has 1 amide bonds. The van der Waals surface area contributed by atoms with E-state index >= 15 is 0 Å². The molecular weight excluding hydrogens is 322 g/mol. The van der Waals surface area contributed by atoms with Gasteiger partial charge in [-0.25, -0.2) is 4.79 Å². The fourth-order valence-corrected chi connectivity index (χ4v) is 2.17. The van der Waals surface area contributed by atoms with E-state index in [0.29, 0.717) is 11.4 Å². The molecule has 0 aliphatic heterocycles. The predicted octanol–water partition coefficient (Wildman–Crippen LogP) is 2.66. The molecule has 0 fully saturated rings. The number of hydrogen-bond acceptors (Lipinski definition) is 4. The van der Waals surface area contributed by atoms with Crippen LogP contribution in [-0.2, 0) is 10.2 Å². The summed E-state index contributed by atoms with van der Waals surface area (Å²) in [6.45, 7) is 7.60. The van der Waals surface area contributed by atoms with Gasteiger partial charge in [0, 0.05) is 11.1 Å². The topological polar surface area (TPSA) is 104 Å². The number of hydrogen-bond donors (Lipinski definition) is 3. The molecule has 2 aromatic rings. The first-order chi connectivity index (χ1) is 11.7. The first kappa shape index (κ1) is 18.5. The molecule has 0 spiro atoms. The normalized spacial score (nSPS) is 12.5. The lowest BCUT2D eigenvalue weighted by atomic mass is 9.92. The molecule has 1 unspecified atom stereocenters. The summed E-state index contributed by atoms with van der Waals surface area (Å²) in [5.41, 5.74) is 2.01. The Balaban J connectivity index is 1.99. The molecule has 0 saturated heterocycles. The van der Waals surface area contributed by atoms with Gasteiger partial charge in [-0.2, -0.15) is 5.10 Å². The highest BCUT2D eigenvalue weighted by Crippen LogP contribution is 2.21. The van der Waals surface area contributed by atoms with Gasteiger partial charge in [-0.15, -0.1) is 0 Å². The zero-order valence-corrected chi connectivity index (χ0v) is 14.8. The molecule has 2 rings (SSSR count). The molecule has 25 heavy (non-hydrogen) atoms. The molecule has 0 bridgehead atoms. The summed E-state index contributed by atoms with van der Waals surface area (Å²) in [6.07, 6.45) is 0. The molecule has 0 aliphatic carbocycles. The zero-order valence-electron chi connectivity index (χ0n) is 14.8. The lowest BCUT2D eigenvalue weighted by Gasteiger charge is -2.15. The van der Waals surface area contributed by atoms with Gasteiger partial charge in [0.15, 0.2) is 6.61 Å². The van der Waals surface area contributed by atoms with E-state index in [2.05, 4.69) is 15.5 Å². The summed E-state index contributed by atoms with van der Waals surface area (Å²) in [4.78, 5) is 22.8. The van der Waals surface area contributed by atoms with Crippen molar-refractivity contribution in [2.75, 3.05) is 6.61 Å². The lowest BCUT2D eigenvalue weighted by Crippen LogP contribution is -2.27. The maximum absolute atomic E-state index is 12.3. The molecule has 1 atom stereocenters. The Morgan fingerprint density at radius 3 is 2.44 bits per heavy atom. The van der Waals surface area contributed by atoms with E-state index in [1.807, 2.05) is 27.7 Å². The standard InChI is InChI=1S/C18H23N3O4/c1-11(12-5-7-13(8-6-12)25-10-16(22)23)19-17(24)14-9-15(21-20-14)18(2,3)4/h5-9,11H,10H2,1-4H3,(H,19,24)(H,20,21)(H,22,23). The Morgan fingerprint density at radius 1 is 1.28 bits per heavy atom. The number of carbonyl (C=O) groups is 2. The number of rotatable bonds is 6. The molecular formula is C18H23N3O4. The number of carboxylic acids is 1. The maximum atomic E-state index is 12.3.